The van der Waals surface area contributed by atoms with Gasteiger partial charge >= 0.3 is 23.8 Å². The van der Waals surface area contributed by atoms with Crippen LogP contribution in [0.1, 0.15) is 88.5 Å². The first-order valence-corrected chi connectivity index (χ1v) is 21.4. The molecule has 0 aliphatic rings. The van der Waals surface area contributed by atoms with Gasteiger partial charge in [0.1, 0.15) is 16.9 Å². The smallest absolute Gasteiger partial charge is 0.407 e. The summed E-state index contributed by atoms with van der Waals surface area (Å²) in [7, 11) is 0. The number of carbonyl (C=O) groups excluding carboxylic acids is 3. The van der Waals surface area contributed by atoms with E-state index in [2.05, 4.69) is 67.8 Å². The number of unbranched alkanes of at least 4 members (excludes halogenated alkanes) is 2. The lowest BCUT2D eigenvalue weighted by Gasteiger charge is -2.19. The third kappa shape index (κ3) is 20.4. The fourth-order valence-corrected chi connectivity index (χ4v) is 6.25. The lowest BCUT2D eigenvalue weighted by atomic mass is 10.1. The summed E-state index contributed by atoms with van der Waals surface area (Å²) in [6, 6.07) is 11.1. The molecule has 0 saturated heterocycles. The van der Waals surface area contributed by atoms with Gasteiger partial charge in [-0.1, -0.05) is 62.5 Å². The van der Waals surface area contributed by atoms with Gasteiger partial charge in [-0.05, 0) is 111 Å². The topological polar surface area (TPSA) is 222 Å². The SMILES string of the molecule is C.CC(C)(C)OC(=O)NCCCCNc1c(N)c(Cl)nc2ccc(Br)cc12.CC(C)(C)OC(=O)NCCCCNc1c([N+](=O)[O-])c(Cl)nc2ccc(Br)cc12.CCOC(C)=O. The number of nitrogens with one attached hydrogen (secondary N) is 4. The molecule has 2 aromatic heterocycles. The van der Waals surface area contributed by atoms with Crippen molar-refractivity contribution in [1.82, 2.24) is 20.6 Å². The maximum Gasteiger partial charge on any atom is 0.407 e. The second-order valence-electron chi connectivity index (χ2n) is 14.9. The number of nitrogen functional groups attached to an aromatic ring is 1. The summed E-state index contributed by atoms with van der Waals surface area (Å²) in [5.74, 6) is -0.211. The van der Waals surface area contributed by atoms with Gasteiger partial charge in [-0.25, -0.2) is 19.6 Å². The lowest BCUT2D eigenvalue weighted by Crippen LogP contribution is -2.33. The molecular weight excluding hydrogens is 963 g/mol. The van der Waals surface area contributed by atoms with Crippen LogP contribution in [0.5, 0.6) is 0 Å². The number of rotatable bonds is 14. The molecule has 0 radical (unpaired) electrons. The first-order chi connectivity index (χ1) is 28.0. The number of aromatic nitrogens is 2. The molecule has 0 fully saturated rings. The van der Waals surface area contributed by atoms with Crippen molar-refractivity contribution in [3.05, 3.63) is 65.8 Å². The van der Waals surface area contributed by atoms with Crippen molar-refractivity contribution < 1.29 is 33.5 Å². The molecule has 4 aromatic rings. The van der Waals surface area contributed by atoms with E-state index in [1.807, 2.05) is 39.0 Å². The number of fused-ring (bicyclic) bond motifs is 2. The Kier molecular flexibility index (Phi) is 23.4. The number of hydrogen-bond acceptors (Lipinski definition) is 13. The number of esters is 1. The highest BCUT2D eigenvalue weighted by atomic mass is 79.9. The summed E-state index contributed by atoms with van der Waals surface area (Å²) in [6.45, 7) is 16.7. The number of amides is 2. The van der Waals surface area contributed by atoms with Crippen molar-refractivity contribution in [3.63, 3.8) is 0 Å². The number of carbonyl (C=O) groups is 3. The van der Waals surface area contributed by atoms with Crippen LogP contribution in [0, 0.1) is 10.1 Å². The van der Waals surface area contributed by atoms with Gasteiger partial charge in [-0.3, -0.25) is 14.9 Å². The normalized spacial score (nSPS) is 10.8. The van der Waals surface area contributed by atoms with Crippen LogP contribution < -0.4 is 27.0 Å². The number of benzene rings is 2. The van der Waals surface area contributed by atoms with Gasteiger partial charge in [0.25, 0.3) is 0 Å². The quantitative estimate of drug-likeness (QED) is 0.0198. The maximum absolute atomic E-state index is 11.6. The molecular formula is C41H58Br2Cl2N8O8. The van der Waals surface area contributed by atoms with Crippen molar-refractivity contribution in [3.8, 4) is 0 Å². The Bertz CT molecular complexity index is 2100. The third-order valence-electron chi connectivity index (χ3n) is 7.49. The minimum Gasteiger partial charge on any atom is -0.466 e. The molecule has 0 unspecified atom stereocenters. The molecule has 0 aliphatic carbocycles. The van der Waals surface area contributed by atoms with E-state index in [-0.39, 0.29) is 29.4 Å². The number of hydrogen-bond donors (Lipinski definition) is 5. The average Bonchev–Trinajstić information content (AvgIpc) is 3.12. The van der Waals surface area contributed by atoms with Gasteiger partial charge < -0.3 is 41.2 Å². The highest BCUT2D eigenvalue weighted by Gasteiger charge is 2.24. The highest BCUT2D eigenvalue weighted by Crippen LogP contribution is 2.38. The molecule has 61 heavy (non-hydrogen) atoms. The van der Waals surface area contributed by atoms with Crippen LogP contribution in [-0.4, -0.2) is 77.0 Å². The molecule has 4 rings (SSSR count). The molecule has 0 saturated carbocycles. The molecule has 2 amide bonds. The maximum atomic E-state index is 11.6. The summed E-state index contributed by atoms with van der Waals surface area (Å²) < 4.78 is 16.5. The molecule has 2 heterocycles. The predicted molar refractivity (Wildman–Crippen MR) is 253 cm³/mol. The molecule has 6 N–H and O–H groups in total. The van der Waals surface area contributed by atoms with Crippen LogP contribution in [0.3, 0.4) is 0 Å². The zero-order valence-electron chi connectivity index (χ0n) is 35.0. The Morgan fingerprint density at radius 3 is 1.56 bits per heavy atom. The van der Waals surface area contributed by atoms with Crippen molar-refractivity contribution in [2.24, 2.45) is 0 Å². The summed E-state index contributed by atoms with van der Waals surface area (Å²) in [5, 5.41) is 25.0. The first-order valence-electron chi connectivity index (χ1n) is 19.0. The van der Waals surface area contributed by atoms with Gasteiger partial charge in [0, 0.05) is 52.8 Å². The van der Waals surface area contributed by atoms with E-state index in [9.17, 15) is 24.5 Å². The Morgan fingerprint density at radius 1 is 0.754 bits per heavy atom. The molecule has 2 aromatic carbocycles. The molecule has 0 aliphatic heterocycles. The minimum absolute atomic E-state index is 0. The van der Waals surface area contributed by atoms with E-state index in [1.165, 1.54) is 6.92 Å². The zero-order valence-corrected chi connectivity index (χ0v) is 39.7. The molecule has 16 nitrogen and oxygen atoms in total. The number of nitrogens with zero attached hydrogens (tertiary/aromatic N) is 3. The molecule has 0 bridgehead atoms. The first kappa shape index (κ1) is 54.6. The molecule has 338 valence electrons. The van der Waals surface area contributed by atoms with Crippen molar-refractivity contribution in [1.29, 1.82) is 0 Å². The van der Waals surface area contributed by atoms with Crippen LogP contribution in [0.2, 0.25) is 10.3 Å². The number of pyridine rings is 2. The van der Waals surface area contributed by atoms with Crippen molar-refractivity contribution in [2.45, 2.75) is 99.7 Å². The second kappa shape index (κ2) is 26.2. The summed E-state index contributed by atoms with van der Waals surface area (Å²) in [4.78, 5) is 52.3. The fourth-order valence-electron chi connectivity index (χ4n) is 5.09. The summed E-state index contributed by atoms with van der Waals surface area (Å²) in [6.07, 6.45) is 2.17. The number of alkyl carbamates (subject to hydrolysis) is 2. The minimum atomic E-state index is -0.541. The summed E-state index contributed by atoms with van der Waals surface area (Å²) >= 11 is 19.0. The second-order valence-corrected chi connectivity index (χ2v) is 17.5. The van der Waals surface area contributed by atoms with E-state index < -0.39 is 28.3 Å². The number of ether oxygens (including phenoxy) is 3. The van der Waals surface area contributed by atoms with E-state index in [0.717, 1.165) is 38.4 Å². The van der Waals surface area contributed by atoms with E-state index in [4.69, 9.17) is 38.4 Å². The standard InChI is InChI=1S/C18H22BrClN4O4.C18H24BrClN4O2.C4H8O2.CH4/c1-18(2,3)28-17(25)22-9-5-4-8-21-14-12-10-11(19)6-7-13(12)23-16(20)15(14)24(26)27;1-18(2,3)26-17(25)23-9-5-4-8-22-15-12-10-11(19)6-7-13(12)24-16(20)14(15)21;1-3-6-4(2)5;/h6-7,10H,4-5,8-9H2,1-3H3,(H,21,23)(H,22,25);6-7,10H,4-5,8-9,21H2,1-3H3,(H,22,24)(H,23,25);3H2,1-2H3;1H4. The van der Waals surface area contributed by atoms with E-state index >= 15 is 0 Å². The lowest BCUT2D eigenvalue weighted by molar-refractivity contribution is -0.384. The van der Waals surface area contributed by atoms with Crippen LogP contribution >= 0.6 is 55.1 Å². The van der Waals surface area contributed by atoms with Crippen LogP contribution in [0.25, 0.3) is 21.8 Å². The molecule has 0 spiro atoms. The summed E-state index contributed by atoms with van der Waals surface area (Å²) in [5.41, 5.74) is 7.70. The zero-order chi connectivity index (χ0) is 45.2. The van der Waals surface area contributed by atoms with Gasteiger partial charge in [0.15, 0.2) is 5.15 Å². The van der Waals surface area contributed by atoms with E-state index in [0.29, 0.717) is 67.9 Å². The van der Waals surface area contributed by atoms with Crippen molar-refractivity contribution in [2.75, 3.05) is 49.2 Å². The molecule has 20 heteroatoms. The van der Waals surface area contributed by atoms with Crippen LogP contribution in [-0.2, 0) is 19.0 Å². The largest absolute Gasteiger partial charge is 0.466 e. The monoisotopic (exact) mass is 1020 g/mol. The Morgan fingerprint density at radius 2 is 1.16 bits per heavy atom. The number of anilines is 3. The predicted octanol–water partition coefficient (Wildman–Crippen LogP) is 11.4. The Labute approximate surface area is 384 Å². The number of nitrogens with two attached hydrogens (primary N) is 1. The van der Waals surface area contributed by atoms with Gasteiger partial charge in [0.2, 0.25) is 5.15 Å². The van der Waals surface area contributed by atoms with Crippen molar-refractivity contribution >= 4 is 118 Å². The average molecular weight is 1020 g/mol. The van der Waals surface area contributed by atoms with Crippen LogP contribution in [0.15, 0.2) is 45.3 Å². The number of nitro groups is 1. The molecule has 0 atom stereocenters. The highest BCUT2D eigenvalue weighted by molar-refractivity contribution is 9.10. The van der Waals surface area contributed by atoms with Crippen LogP contribution in [0.4, 0.5) is 32.3 Å². The van der Waals surface area contributed by atoms with E-state index in [1.54, 1.807) is 45.9 Å². The Hall–Kier alpha value is -4.39. The third-order valence-corrected chi connectivity index (χ3v) is 9.03. The van der Waals surface area contributed by atoms with Gasteiger partial charge in [-0.2, -0.15) is 0 Å². The van der Waals surface area contributed by atoms with Gasteiger partial charge in [-0.15, -0.1) is 0 Å². The fraction of sp³-hybridized carbons (Fsp3) is 0.488. The Balaban J connectivity index is 0.000000531. The van der Waals surface area contributed by atoms with Gasteiger partial charge in [0.05, 0.1) is 33.9 Å². The number of halogens is 4.